The topological polar surface area (TPSA) is 66.8 Å². The largest absolute Gasteiger partial charge is 0.479 e. The van der Waals surface area contributed by atoms with Crippen molar-refractivity contribution in [1.82, 2.24) is 4.90 Å². The maximum atomic E-state index is 12.5. The summed E-state index contributed by atoms with van der Waals surface area (Å²) in [5, 5.41) is 8.92. The van der Waals surface area contributed by atoms with Gasteiger partial charge in [0.05, 0.1) is 0 Å². The lowest BCUT2D eigenvalue weighted by Crippen LogP contribution is -2.48. The summed E-state index contributed by atoms with van der Waals surface area (Å²) in [6, 6.07) is 0.504. The molecule has 2 aliphatic rings. The molecule has 2 fully saturated rings. The molecular formula is C14H23NO4. The normalized spacial score (nSPS) is 28.4. The van der Waals surface area contributed by atoms with Crippen LogP contribution in [0.3, 0.4) is 0 Å². The number of nitrogens with zero attached hydrogens (tertiary/aromatic N) is 1. The monoisotopic (exact) mass is 269 g/mol. The Balaban J connectivity index is 2.02. The molecule has 1 unspecified atom stereocenters. The highest BCUT2D eigenvalue weighted by molar-refractivity contribution is 5.83. The van der Waals surface area contributed by atoms with E-state index in [0.29, 0.717) is 24.8 Å². The van der Waals surface area contributed by atoms with Gasteiger partial charge in [-0.25, -0.2) is 4.79 Å². The van der Waals surface area contributed by atoms with E-state index in [2.05, 4.69) is 20.8 Å². The number of ether oxygens (including phenoxy) is 1. The second kappa shape index (κ2) is 5.49. The van der Waals surface area contributed by atoms with Crippen molar-refractivity contribution >= 4 is 11.9 Å². The highest BCUT2D eigenvalue weighted by Crippen LogP contribution is 2.33. The molecule has 0 spiro atoms. The van der Waals surface area contributed by atoms with Crippen LogP contribution in [0.15, 0.2) is 0 Å². The van der Waals surface area contributed by atoms with Crippen LogP contribution in [0.4, 0.5) is 0 Å². The van der Waals surface area contributed by atoms with Crippen LogP contribution in [0.2, 0.25) is 0 Å². The van der Waals surface area contributed by atoms with E-state index < -0.39 is 18.2 Å². The molecule has 1 aliphatic heterocycles. The van der Waals surface area contributed by atoms with Gasteiger partial charge in [0.15, 0.2) is 6.10 Å². The summed E-state index contributed by atoms with van der Waals surface area (Å²) < 4.78 is 5.38. The van der Waals surface area contributed by atoms with E-state index in [4.69, 9.17) is 9.84 Å². The number of rotatable bonds is 5. The van der Waals surface area contributed by atoms with Crippen molar-refractivity contribution in [3.8, 4) is 0 Å². The molecule has 19 heavy (non-hydrogen) atoms. The zero-order chi connectivity index (χ0) is 14.2. The molecule has 1 N–H and O–H groups in total. The van der Waals surface area contributed by atoms with Gasteiger partial charge in [0.1, 0.15) is 6.10 Å². The number of hydrogen-bond donors (Lipinski definition) is 1. The summed E-state index contributed by atoms with van der Waals surface area (Å²) in [5.74, 6) is -0.598. The van der Waals surface area contributed by atoms with Gasteiger partial charge in [-0.15, -0.1) is 0 Å². The first-order chi connectivity index (χ1) is 8.91. The Kier molecular flexibility index (Phi) is 4.13. The minimum absolute atomic E-state index is 0.0209. The van der Waals surface area contributed by atoms with Gasteiger partial charge in [0.2, 0.25) is 0 Å². The second-order valence-corrected chi connectivity index (χ2v) is 5.99. The summed E-state index contributed by atoms with van der Waals surface area (Å²) >= 11 is 0. The molecule has 0 aromatic carbocycles. The minimum Gasteiger partial charge on any atom is -0.479 e. The molecule has 1 aliphatic carbocycles. The fraction of sp³-hybridized carbons (Fsp3) is 0.857. The molecule has 5 heteroatoms. The number of carboxylic acids is 1. The quantitative estimate of drug-likeness (QED) is 0.824. The van der Waals surface area contributed by atoms with Gasteiger partial charge in [-0.3, -0.25) is 4.79 Å². The molecule has 0 aromatic rings. The van der Waals surface area contributed by atoms with Gasteiger partial charge < -0.3 is 14.7 Å². The van der Waals surface area contributed by atoms with Crippen molar-refractivity contribution in [2.45, 2.75) is 70.7 Å². The molecule has 5 nitrogen and oxygen atoms in total. The number of aliphatic carboxylic acids is 1. The number of carboxylic acid groups (broad SMARTS) is 1. The standard InChI is InChI=1S/C14H23NO4/c1-8(2)9(3)15(10-4-5-10)13(16)11-6-7-12(19-11)14(17)18/h8-12H,4-7H2,1-3H3,(H,17,18)/t9?,11-,12+/m0/s1. The molecule has 0 bridgehead atoms. The maximum absolute atomic E-state index is 12.5. The first-order valence-electron chi connectivity index (χ1n) is 7.12. The molecule has 3 atom stereocenters. The SMILES string of the molecule is CC(C)C(C)N(C(=O)[C@@H]1CC[C@H](C(=O)O)O1)C1CC1. The van der Waals surface area contributed by atoms with E-state index in [1.165, 1.54) is 0 Å². The van der Waals surface area contributed by atoms with Crippen molar-refractivity contribution in [2.75, 3.05) is 0 Å². The predicted octanol–water partition coefficient (Wildman–Crippen LogP) is 1.65. The Hall–Kier alpha value is -1.10. The maximum Gasteiger partial charge on any atom is 0.332 e. The third kappa shape index (κ3) is 3.08. The van der Waals surface area contributed by atoms with Crippen LogP contribution >= 0.6 is 0 Å². The van der Waals surface area contributed by atoms with Crippen LogP contribution < -0.4 is 0 Å². The van der Waals surface area contributed by atoms with Crippen molar-refractivity contribution < 1.29 is 19.4 Å². The Bertz CT molecular complexity index is 364. The lowest BCUT2D eigenvalue weighted by atomic mass is 10.0. The number of carbonyl (C=O) groups excluding carboxylic acids is 1. The molecule has 2 rings (SSSR count). The van der Waals surface area contributed by atoms with Crippen LogP contribution in [-0.2, 0) is 14.3 Å². The van der Waals surface area contributed by atoms with Gasteiger partial charge >= 0.3 is 5.97 Å². The Labute approximate surface area is 113 Å². The molecule has 1 saturated carbocycles. The van der Waals surface area contributed by atoms with Crippen LogP contribution in [0.5, 0.6) is 0 Å². The number of hydrogen-bond acceptors (Lipinski definition) is 3. The van der Waals surface area contributed by atoms with Crippen LogP contribution in [0.1, 0.15) is 46.5 Å². The van der Waals surface area contributed by atoms with E-state index in [0.717, 1.165) is 12.8 Å². The molecular weight excluding hydrogens is 246 g/mol. The van der Waals surface area contributed by atoms with Crippen molar-refractivity contribution in [3.63, 3.8) is 0 Å². The van der Waals surface area contributed by atoms with Crippen molar-refractivity contribution in [3.05, 3.63) is 0 Å². The summed E-state index contributed by atoms with van der Waals surface area (Å²) in [7, 11) is 0. The molecule has 0 radical (unpaired) electrons. The summed E-state index contributed by atoms with van der Waals surface area (Å²) in [5.41, 5.74) is 0. The zero-order valence-corrected chi connectivity index (χ0v) is 11.8. The average Bonchev–Trinajstić information content (AvgIpc) is 3.04. The van der Waals surface area contributed by atoms with E-state index in [1.54, 1.807) is 0 Å². The summed E-state index contributed by atoms with van der Waals surface area (Å²) in [6.07, 6.45) is 1.67. The highest BCUT2D eigenvalue weighted by Gasteiger charge is 2.43. The van der Waals surface area contributed by atoms with E-state index in [9.17, 15) is 9.59 Å². The predicted molar refractivity (Wildman–Crippen MR) is 69.7 cm³/mol. The van der Waals surface area contributed by atoms with E-state index in [-0.39, 0.29) is 11.9 Å². The Morgan fingerprint density at radius 2 is 1.68 bits per heavy atom. The van der Waals surface area contributed by atoms with Gasteiger partial charge in [-0.1, -0.05) is 13.8 Å². The lowest BCUT2D eigenvalue weighted by molar-refractivity contribution is -0.156. The highest BCUT2D eigenvalue weighted by atomic mass is 16.5. The first kappa shape index (κ1) is 14.3. The van der Waals surface area contributed by atoms with Crippen molar-refractivity contribution in [1.29, 1.82) is 0 Å². The third-order valence-electron chi connectivity index (χ3n) is 4.17. The molecule has 1 heterocycles. The Morgan fingerprint density at radius 1 is 1.11 bits per heavy atom. The Morgan fingerprint density at radius 3 is 2.11 bits per heavy atom. The first-order valence-corrected chi connectivity index (χ1v) is 7.12. The van der Waals surface area contributed by atoms with Crippen molar-refractivity contribution in [2.24, 2.45) is 5.92 Å². The number of amides is 1. The molecule has 1 saturated heterocycles. The second-order valence-electron chi connectivity index (χ2n) is 5.99. The molecule has 108 valence electrons. The number of carbonyl (C=O) groups is 2. The molecule has 0 aromatic heterocycles. The third-order valence-corrected chi connectivity index (χ3v) is 4.17. The summed E-state index contributed by atoms with van der Waals surface area (Å²) in [4.78, 5) is 25.4. The van der Waals surface area contributed by atoms with Crippen LogP contribution in [0, 0.1) is 5.92 Å². The smallest absolute Gasteiger partial charge is 0.332 e. The van der Waals surface area contributed by atoms with Gasteiger partial charge in [0.25, 0.3) is 5.91 Å². The summed E-state index contributed by atoms with van der Waals surface area (Å²) in [6.45, 7) is 6.26. The molecule has 1 amide bonds. The lowest BCUT2D eigenvalue weighted by Gasteiger charge is -2.33. The fourth-order valence-corrected chi connectivity index (χ4v) is 2.55. The van der Waals surface area contributed by atoms with Gasteiger partial charge in [-0.05, 0) is 38.5 Å². The van der Waals surface area contributed by atoms with Crippen LogP contribution in [-0.4, -0.2) is 46.2 Å². The van der Waals surface area contributed by atoms with Gasteiger partial charge in [-0.2, -0.15) is 0 Å². The minimum atomic E-state index is -0.967. The van der Waals surface area contributed by atoms with Crippen LogP contribution in [0.25, 0.3) is 0 Å². The van der Waals surface area contributed by atoms with E-state index >= 15 is 0 Å². The zero-order valence-electron chi connectivity index (χ0n) is 11.8. The van der Waals surface area contributed by atoms with Gasteiger partial charge in [0, 0.05) is 12.1 Å². The van der Waals surface area contributed by atoms with E-state index in [1.807, 2.05) is 4.90 Å². The average molecular weight is 269 g/mol. The fourth-order valence-electron chi connectivity index (χ4n) is 2.55.